The summed E-state index contributed by atoms with van der Waals surface area (Å²) >= 11 is 1.05. The van der Waals surface area contributed by atoms with Crippen molar-refractivity contribution >= 4 is 0 Å². The van der Waals surface area contributed by atoms with E-state index in [-0.39, 0.29) is 43.4 Å². The van der Waals surface area contributed by atoms with Crippen molar-refractivity contribution in [1.29, 1.82) is 0 Å². The molecule has 0 fully saturated rings. The van der Waals surface area contributed by atoms with Crippen LogP contribution in [0.1, 0.15) is 6.92 Å². The maximum atomic E-state index is 4.65. The molecule has 0 heterocycles. The Morgan fingerprint density at radius 2 is 1.83 bits per heavy atom. The Morgan fingerprint density at radius 1 is 1.67 bits per heavy atom. The molecule has 0 spiro atoms. The molecular weight excluding hydrogens is 498 g/mol. The van der Waals surface area contributed by atoms with Crippen LogP contribution in [0.4, 0.5) is 0 Å². The molecule has 0 aromatic heterocycles. The van der Waals surface area contributed by atoms with E-state index >= 15 is 0 Å². The first-order valence-corrected chi connectivity index (χ1v) is 2.49. The summed E-state index contributed by atoms with van der Waals surface area (Å²) in [6.07, 6.45) is 0. The van der Waals surface area contributed by atoms with Gasteiger partial charge >= 0.3 is 38.2 Å². The summed E-state index contributed by atoms with van der Waals surface area (Å²) in [4.78, 5) is 0. The van der Waals surface area contributed by atoms with Gasteiger partial charge in [-0.25, -0.2) is 0 Å². The minimum absolute atomic E-state index is 0. The Hall–Kier alpha value is 2.13. The predicted octanol–water partition coefficient (Wildman–Crippen LogP) is 0.480. The minimum Gasteiger partial charge on any atom is 0 e. The third-order valence-corrected chi connectivity index (χ3v) is 1.06. The second-order valence-electron chi connectivity index (χ2n) is 0.418. The molecule has 0 bridgehead atoms. The summed E-state index contributed by atoms with van der Waals surface area (Å²) in [5, 5.41) is 0. The first-order chi connectivity index (χ1) is 1.91. The molecule has 0 aromatic rings. The molecule has 0 rings (SSSR count). The monoisotopic (exact) mass is 503 g/mol. The number of hydrogen-bond donors (Lipinski definition) is 0. The van der Waals surface area contributed by atoms with Gasteiger partial charge in [-0.05, 0) is 0 Å². The molecule has 0 aromatic carbocycles. The molecular formula is C2H5NbOTaW. The Morgan fingerprint density at radius 3 is 1.83 bits per heavy atom. The summed E-state index contributed by atoms with van der Waals surface area (Å²) in [5.41, 5.74) is 0. The van der Waals surface area contributed by atoms with E-state index in [1.807, 2.05) is 6.92 Å². The number of hydrogen-bond acceptors (Lipinski definition) is 1. The zero-order chi connectivity index (χ0) is 3.41. The second kappa shape index (κ2) is 15.7. The van der Waals surface area contributed by atoms with Crippen LogP contribution in [0.5, 0.6) is 0 Å². The van der Waals surface area contributed by atoms with Crippen molar-refractivity contribution in [2.45, 2.75) is 6.92 Å². The van der Waals surface area contributed by atoms with Crippen molar-refractivity contribution in [1.82, 2.24) is 0 Å². The fourth-order valence-corrected chi connectivity index (χ4v) is 0. The number of rotatable bonds is 1. The van der Waals surface area contributed by atoms with Gasteiger partial charge in [0, 0.05) is 43.4 Å². The van der Waals surface area contributed by atoms with Gasteiger partial charge in [-0.3, -0.25) is 0 Å². The average molecular weight is 503 g/mol. The molecule has 0 N–H and O–H groups in total. The molecule has 4 heteroatoms. The van der Waals surface area contributed by atoms with E-state index in [0.717, 1.165) is 28.1 Å². The zero-order valence-electron chi connectivity index (χ0n) is 3.42. The molecule has 0 aliphatic rings. The predicted molar refractivity (Wildman–Crippen MR) is 11.6 cm³/mol. The van der Waals surface area contributed by atoms with Gasteiger partial charge in [0.05, 0.1) is 0 Å². The van der Waals surface area contributed by atoms with Gasteiger partial charge in [-0.1, -0.05) is 0 Å². The molecule has 0 amide bonds. The minimum atomic E-state index is 0. The third kappa shape index (κ3) is 16.5. The van der Waals surface area contributed by atoms with Crippen LogP contribution < -0.4 is 0 Å². The van der Waals surface area contributed by atoms with Gasteiger partial charge in [0.2, 0.25) is 0 Å². The fourth-order valence-electron chi connectivity index (χ4n) is 0. The van der Waals surface area contributed by atoms with Crippen LogP contribution in [0.15, 0.2) is 0 Å². The van der Waals surface area contributed by atoms with Gasteiger partial charge in [-0.2, -0.15) is 0 Å². The Balaban J connectivity index is -0.0000000450. The molecule has 6 heavy (non-hydrogen) atoms. The Labute approximate surface area is 80.8 Å². The van der Waals surface area contributed by atoms with Crippen LogP contribution >= 0.6 is 0 Å². The molecule has 0 atom stereocenters. The van der Waals surface area contributed by atoms with Crippen LogP contribution in [-0.4, -0.2) is 6.61 Å². The van der Waals surface area contributed by atoms with Crippen LogP contribution in [-0.2, 0) is 68.2 Å². The second-order valence-corrected chi connectivity index (χ2v) is 1.35. The zero-order valence-corrected chi connectivity index (χ0v) is 11.8. The maximum absolute atomic E-state index is 4.65. The molecule has 35 valence electrons. The largest absolute Gasteiger partial charge is 0 e. The van der Waals surface area contributed by atoms with Crippen LogP contribution in [0, 0.1) is 0 Å². The standard InChI is InChI=1S/C2H5O.Nb.Ta.W/c1-2-3;;;/h2H2,1H3;;;/q-1;;+1;. The molecule has 0 aliphatic carbocycles. The third-order valence-electron chi connectivity index (χ3n) is 0.129. The van der Waals surface area contributed by atoms with Crippen LogP contribution in [0.3, 0.4) is 0 Å². The molecule has 0 saturated carbocycles. The van der Waals surface area contributed by atoms with Crippen molar-refractivity contribution < 1.29 is 68.2 Å². The van der Waals surface area contributed by atoms with Gasteiger partial charge in [-0.15, -0.1) is 0 Å². The van der Waals surface area contributed by atoms with E-state index in [0.29, 0.717) is 0 Å². The van der Waals surface area contributed by atoms with E-state index in [2.05, 4.69) is 3.24 Å². The van der Waals surface area contributed by atoms with Crippen LogP contribution in [0.2, 0.25) is 0 Å². The quantitative estimate of drug-likeness (QED) is 0.474. The van der Waals surface area contributed by atoms with E-state index in [1.54, 1.807) is 0 Å². The van der Waals surface area contributed by atoms with E-state index in [9.17, 15) is 0 Å². The Bertz CT molecular complexity index is 15.5. The van der Waals surface area contributed by atoms with Crippen molar-refractivity contribution in [2.75, 3.05) is 6.61 Å². The molecule has 0 unspecified atom stereocenters. The normalized spacial score (nSPS) is 4.83. The van der Waals surface area contributed by atoms with Crippen molar-refractivity contribution in [3.63, 3.8) is 0 Å². The van der Waals surface area contributed by atoms with Crippen molar-refractivity contribution in [3.05, 3.63) is 0 Å². The molecule has 0 saturated heterocycles. The van der Waals surface area contributed by atoms with Gasteiger partial charge in [0.15, 0.2) is 0 Å². The van der Waals surface area contributed by atoms with Gasteiger partial charge < -0.3 is 0 Å². The van der Waals surface area contributed by atoms with Crippen molar-refractivity contribution in [2.24, 2.45) is 0 Å². The maximum Gasteiger partial charge on any atom is 0 e. The smallest absolute Gasteiger partial charge is 0 e. The Kier molecular flexibility index (Phi) is 41.1. The molecule has 1 nitrogen and oxygen atoms in total. The van der Waals surface area contributed by atoms with Crippen molar-refractivity contribution in [3.8, 4) is 0 Å². The van der Waals surface area contributed by atoms with Crippen LogP contribution in [0.25, 0.3) is 0 Å². The van der Waals surface area contributed by atoms with Gasteiger partial charge in [0.1, 0.15) is 0 Å². The first-order valence-electron chi connectivity index (χ1n) is 1.18. The van der Waals surface area contributed by atoms with E-state index in [4.69, 9.17) is 0 Å². The topological polar surface area (TPSA) is 9.23 Å². The van der Waals surface area contributed by atoms with E-state index in [1.165, 1.54) is 0 Å². The molecule has 1 radical (unpaired) electrons. The first kappa shape index (κ1) is 15.7. The summed E-state index contributed by atoms with van der Waals surface area (Å²) < 4.78 is 4.65. The summed E-state index contributed by atoms with van der Waals surface area (Å²) in [6, 6.07) is 0. The summed E-state index contributed by atoms with van der Waals surface area (Å²) in [6.45, 7) is 2.85. The van der Waals surface area contributed by atoms with Gasteiger partial charge in [0.25, 0.3) is 0 Å². The molecule has 0 aliphatic heterocycles. The van der Waals surface area contributed by atoms with E-state index < -0.39 is 0 Å². The SMILES string of the molecule is CC[O][Ta].[Nb].[W]. The summed E-state index contributed by atoms with van der Waals surface area (Å²) in [5.74, 6) is 0. The average Bonchev–Trinajstić information content (AvgIpc) is 1.37. The summed E-state index contributed by atoms with van der Waals surface area (Å²) in [7, 11) is 0. The fraction of sp³-hybridized carbons (Fsp3) is 1.00.